The standard InChI is InChI=1S/C22H27N7O2/c1-28(2)22(31)15-5-8-19(26-12-15)29-10-9-18(24)17(13-29)20(25)21(30)27-11-14-3-6-16(23)7-4-14/h3-8,12,25H,9-11,13,23-24H2,1-2H3,(H,27,30). The van der Waals surface area contributed by atoms with Gasteiger partial charge in [0.15, 0.2) is 0 Å². The van der Waals surface area contributed by atoms with Gasteiger partial charge in [-0.2, -0.15) is 0 Å². The number of anilines is 2. The SMILES string of the molecule is CN(C)C(=O)c1ccc(N2CCC(N)=C(C(=N)C(=O)NCc3ccc(N)cc3)C2)nc1. The van der Waals surface area contributed by atoms with E-state index in [1.54, 1.807) is 38.4 Å². The highest BCUT2D eigenvalue weighted by Gasteiger charge is 2.25. The third-order valence-electron chi connectivity index (χ3n) is 5.07. The zero-order chi connectivity index (χ0) is 22.5. The molecule has 0 aliphatic carbocycles. The summed E-state index contributed by atoms with van der Waals surface area (Å²) in [5, 5.41) is 11.1. The summed E-state index contributed by atoms with van der Waals surface area (Å²) >= 11 is 0. The van der Waals surface area contributed by atoms with Crippen LogP contribution in [-0.2, 0) is 11.3 Å². The monoisotopic (exact) mass is 421 g/mol. The lowest BCUT2D eigenvalue weighted by atomic mass is 10.0. The summed E-state index contributed by atoms with van der Waals surface area (Å²) in [7, 11) is 3.37. The first-order valence-corrected chi connectivity index (χ1v) is 9.88. The first-order chi connectivity index (χ1) is 14.8. The summed E-state index contributed by atoms with van der Waals surface area (Å²) in [5.41, 5.74) is 14.7. The van der Waals surface area contributed by atoms with Crippen LogP contribution in [0.4, 0.5) is 11.5 Å². The Morgan fingerprint density at radius 2 is 1.87 bits per heavy atom. The number of hydrogen-bond donors (Lipinski definition) is 4. The molecule has 2 aromatic rings. The zero-order valence-electron chi connectivity index (χ0n) is 17.7. The molecule has 31 heavy (non-hydrogen) atoms. The number of hydrogen-bond acceptors (Lipinski definition) is 7. The molecule has 0 saturated heterocycles. The van der Waals surface area contributed by atoms with Crippen LogP contribution in [0.5, 0.6) is 0 Å². The average molecular weight is 422 g/mol. The highest BCUT2D eigenvalue weighted by Crippen LogP contribution is 2.21. The van der Waals surface area contributed by atoms with Crippen molar-refractivity contribution in [3.05, 3.63) is 65.0 Å². The van der Waals surface area contributed by atoms with E-state index in [4.69, 9.17) is 16.9 Å². The Morgan fingerprint density at radius 3 is 2.48 bits per heavy atom. The van der Waals surface area contributed by atoms with Crippen LogP contribution in [-0.4, -0.2) is 54.6 Å². The quantitative estimate of drug-likeness (QED) is 0.407. The van der Waals surface area contributed by atoms with Crippen LogP contribution in [0, 0.1) is 5.41 Å². The van der Waals surface area contributed by atoms with Crippen molar-refractivity contribution < 1.29 is 9.59 Å². The van der Waals surface area contributed by atoms with Crippen LogP contribution in [0.15, 0.2) is 53.9 Å². The van der Waals surface area contributed by atoms with Crippen LogP contribution in [0.1, 0.15) is 22.3 Å². The molecule has 6 N–H and O–H groups in total. The van der Waals surface area contributed by atoms with Crippen molar-refractivity contribution in [2.24, 2.45) is 5.73 Å². The van der Waals surface area contributed by atoms with Gasteiger partial charge in [0.2, 0.25) is 0 Å². The molecule has 0 bridgehead atoms. The number of nitrogens with one attached hydrogen (secondary N) is 2. The van der Waals surface area contributed by atoms with Gasteiger partial charge in [0.05, 0.1) is 5.56 Å². The van der Waals surface area contributed by atoms with E-state index >= 15 is 0 Å². The lowest BCUT2D eigenvalue weighted by Crippen LogP contribution is -2.40. The maximum atomic E-state index is 12.5. The number of amides is 2. The smallest absolute Gasteiger partial charge is 0.269 e. The van der Waals surface area contributed by atoms with E-state index in [2.05, 4.69) is 10.3 Å². The second kappa shape index (κ2) is 9.29. The zero-order valence-corrected chi connectivity index (χ0v) is 17.7. The Labute approximate surface area is 181 Å². The van der Waals surface area contributed by atoms with Crippen LogP contribution < -0.4 is 21.7 Å². The minimum atomic E-state index is -0.489. The molecule has 0 radical (unpaired) electrons. The Balaban J connectivity index is 1.65. The Morgan fingerprint density at radius 1 is 1.16 bits per heavy atom. The first kappa shape index (κ1) is 21.8. The molecular formula is C22H27N7O2. The van der Waals surface area contributed by atoms with E-state index in [1.165, 1.54) is 11.1 Å². The molecule has 1 aromatic carbocycles. The third-order valence-corrected chi connectivity index (χ3v) is 5.07. The molecule has 0 fully saturated rings. The average Bonchev–Trinajstić information content (AvgIpc) is 2.78. The molecule has 1 aromatic heterocycles. The maximum Gasteiger partial charge on any atom is 0.269 e. The fraction of sp³-hybridized carbons (Fsp3) is 0.273. The molecule has 0 spiro atoms. The first-order valence-electron chi connectivity index (χ1n) is 9.88. The van der Waals surface area contributed by atoms with Gasteiger partial charge >= 0.3 is 0 Å². The van der Waals surface area contributed by atoms with Gasteiger partial charge in [-0.3, -0.25) is 15.0 Å². The van der Waals surface area contributed by atoms with Gasteiger partial charge in [0.1, 0.15) is 11.5 Å². The maximum absolute atomic E-state index is 12.5. The molecule has 9 nitrogen and oxygen atoms in total. The lowest BCUT2D eigenvalue weighted by Gasteiger charge is -2.30. The number of aromatic nitrogens is 1. The van der Waals surface area contributed by atoms with Gasteiger partial charge in [0, 0.05) is 63.3 Å². The Kier molecular flexibility index (Phi) is 6.54. The molecule has 1 aliphatic heterocycles. The van der Waals surface area contributed by atoms with Crippen molar-refractivity contribution in [1.29, 1.82) is 5.41 Å². The van der Waals surface area contributed by atoms with Crippen molar-refractivity contribution >= 4 is 29.0 Å². The van der Waals surface area contributed by atoms with E-state index in [-0.39, 0.29) is 11.6 Å². The van der Waals surface area contributed by atoms with E-state index in [1.807, 2.05) is 17.0 Å². The number of nitrogens with two attached hydrogens (primary N) is 2. The normalized spacial score (nSPS) is 13.7. The molecular weight excluding hydrogens is 394 g/mol. The van der Waals surface area contributed by atoms with Crippen LogP contribution in [0.25, 0.3) is 0 Å². The summed E-state index contributed by atoms with van der Waals surface area (Å²) in [5.74, 6) is 0.0500. The molecule has 3 rings (SSSR count). The molecule has 9 heteroatoms. The molecule has 1 aliphatic rings. The number of nitrogens with zero attached hydrogens (tertiary/aromatic N) is 3. The highest BCUT2D eigenvalue weighted by atomic mass is 16.2. The number of carbonyl (C=O) groups excluding carboxylic acids is 2. The van der Waals surface area contributed by atoms with Gasteiger partial charge in [-0.05, 0) is 29.8 Å². The van der Waals surface area contributed by atoms with Crippen molar-refractivity contribution in [2.45, 2.75) is 13.0 Å². The fourth-order valence-electron chi connectivity index (χ4n) is 3.21. The molecule has 0 unspecified atom stereocenters. The molecule has 0 atom stereocenters. The Bertz CT molecular complexity index is 1010. The van der Waals surface area contributed by atoms with Crippen molar-refractivity contribution in [3.63, 3.8) is 0 Å². The summed E-state index contributed by atoms with van der Waals surface area (Å²) < 4.78 is 0. The van der Waals surface area contributed by atoms with Crippen LogP contribution in [0.2, 0.25) is 0 Å². The van der Waals surface area contributed by atoms with Gasteiger partial charge in [-0.1, -0.05) is 12.1 Å². The van der Waals surface area contributed by atoms with E-state index in [0.29, 0.717) is 54.4 Å². The van der Waals surface area contributed by atoms with Gasteiger partial charge in [0.25, 0.3) is 11.8 Å². The minimum absolute atomic E-state index is 0.123. The topological polar surface area (TPSA) is 141 Å². The molecule has 162 valence electrons. The van der Waals surface area contributed by atoms with E-state index < -0.39 is 5.91 Å². The Hall–Kier alpha value is -3.88. The van der Waals surface area contributed by atoms with E-state index in [0.717, 1.165) is 5.56 Å². The van der Waals surface area contributed by atoms with Crippen LogP contribution in [0.3, 0.4) is 0 Å². The fourth-order valence-corrected chi connectivity index (χ4v) is 3.21. The van der Waals surface area contributed by atoms with Gasteiger partial charge < -0.3 is 26.6 Å². The second-order valence-electron chi connectivity index (χ2n) is 7.58. The number of nitrogen functional groups attached to an aromatic ring is 1. The summed E-state index contributed by atoms with van der Waals surface area (Å²) in [6.45, 7) is 1.21. The number of carbonyl (C=O) groups is 2. The highest BCUT2D eigenvalue weighted by molar-refractivity contribution is 6.44. The largest absolute Gasteiger partial charge is 0.402 e. The predicted octanol–water partition coefficient (Wildman–Crippen LogP) is 1.12. The van der Waals surface area contributed by atoms with Crippen molar-refractivity contribution in [2.75, 3.05) is 37.8 Å². The third kappa shape index (κ3) is 5.19. The summed E-state index contributed by atoms with van der Waals surface area (Å²) in [4.78, 5) is 32.4. The van der Waals surface area contributed by atoms with E-state index in [9.17, 15) is 9.59 Å². The number of benzene rings is 1. The number of pyridine rings is 1. The molecule has 2 amide bonds. The summed E-state index contributed by atoms with van der Waals surface area (Å²) in [6, 6.07) is 10.7. The molecule has 2 heterocycles. The second-order valence-corrected chi connectivity index (χ2v) is 7.58. The summed E-state index contributed by atoms with van der Waals surface area (Å²) in [6.07, 6.45) is 2.05. The van der Waals surface area contributed by atoms with Gasteiger partial charge in [-0.25, -0.2) is 4.98 Å². The van der Waals surface area contributed by atoms with Crippen molar-refractivity contribution in [3.8, 4) is 0 Å². The predicted molar refractivity (Wildman–Crippen MR) is 121 cm³/mol. The van der Waals surface area contributed by atoms with Crippen molar-refractivity contribution in [1.82, 2.24) is 15.2 Å². The molecule has 0 saturated carbocycles. The number of rotatable bonds is 6. The minimum Gasteiger partial charge on any atom is -0.402 e. The lowest BCUT2D eigenvalue weighted by molar-refractivity contribution is -0.115. The van der Waals surface area contributed by atoms with Gasteiger partial charge in [-0.15, -0.1) is 0 Å². The van der Waals surface area contributed by atoms with Crippen LogP contribution >= 0.6 is 0 Å².